The van der Waals surface area contributed by atoms with Gasteiger partial charge in [-0.2, -0.15) is 0 Å². The first kappa shape index (κ1) is 13.6. The highest BCUT2D eigenvalue weighted by Gasteiger charge is 2.13. The number of aryl methyl sites for hydroxylation is 1. The molecule has 3 N–H and O–H groups in total. The first-order valence-corrected chi connectivity index (χ1v) is 6.77. The van der Waals surface area contributed by atoms with E-state index in [4.69, 9.17) is 5.73 Å². The summed E-state index contributed by atoms with van der Waals surface area (Å²) in [6.45, 7) is 4.28. The normalized spacial score (nSPS) is 12.4. The molecule has 1 amide bonds. The molecule has 1 atom stereocenters. The van der Waals surface area contributed by atoms with Crippen LogP contribution in [-0.4, -0.2) is 25.9 Å². The van der Waals surface area contributed by atoms with E-state index in [-0.39, 0.29) is 18.5 Å². The van der Waals surface area contributed by atoms with E-state index in [0.717, 1.165) is 10.7 Å². The fourth-order valence-corrected chi connectivity index (χ4v) is 2.38. The van der Waals surface area contributed by atoms with E-state index in [0.29, 0.717) is 12.2 Å². The zero-order valence-corrected chi connectivity index (χ0v) is 11.6. The number of carbonyl (C=O) groups excluding carboxylic acids is 1. The van der Waals surface area contributed by atoms with Gasteiger partial charge in [-0.1, -0.05) is 5.21 Å². The lowest BCUT2D eigenvalue weighted by molar-refractivity contribution is -0.122. The number of hydrogen-bond acceptors (Lipinski definition) is 6. The molecule has 0 aliphatic carbocycles. The quantitative estimate of drug-likeness (QED) is 0.825. The van der Waals surface area contributed by atoms with E-state index in [1.54, 1.807) is 6.20 Å². The molecule has 8 heteroatoms. The van der Waals surface area contributed by atoms with E-state index in [2.05, 4.69) is 20.6 Å². The van der Waals surface area contributed by atoms with Gasteiger partial charge in [0.15, 0.2) is 0 Å². The molecule has 0 saturated heterocycles. The summed E-state index contributed by atoms with van der Waals surface area (Å²) in [4.78, 5) is 16.2. The Hall–Kier alpha value is -1.80. The Morgan fingerprint density at radius 3 is 3.00 bits per heavy atom. The number of hydrogen-bond donors (Lipinski definition) is 2. The summed E-state index contributed by atoms with van der Waals surface area (Å²) in [6, 6.07) is -0.108. The summed E-state index contributed by atoms with van der Waals surface area (Å²) in [5, 5.41) is 13.4. The Morgan fingerprint density at radius 2 is 2.42 bits per heavy atom. The Bertz CT molecular complexity index is 563. The largest absolute Gasteiger partial charge is 0.346 e. The van der Waals surface area contributed by atoms with Gasteiger partial charge in [-0.05, 0) is 13.8 Å². The molecule has 2 rings (SSSR count). The number of aromatic nitrogens is 4. The second kappa shape index (κ2) is 5.89. The molecule has 0 spiro atoms. The van der Waals surface area contributed by atoms with Crippen molar-refractivity contribution in [1.29, 1.82) is 0 Å². The van der Waals surface area contributed by atoms with Gasteiger partial charge in [-0.25, -0.2) is 9.67 Å². The van der Waals surface area contributed by atoms with Crippen LogP contribution in [0.4, 0.5) is 0 Å². The van der Waals surface area contributed by atoms with Crippen LogP contribution >= 0.6 is 11.3 Å². The van der Waals surface area contributed by atoms with Crippen LogP contribution in [0.15, 0.2) is 11.6 Å². The van der Waals surface area contributed by atoms with Crippen LogP contribution in [0, 0.1) is 6.92 Å². The summed E-state index contributed by atoms with van der Waals surface area (Å²) in [5.41, 5.74) is 7.06. The molecule has 0 radical (unpaired) electrons. The van der Waals surface area contributed by atoms with Gasteiger partial charge in [-0.15, -0.1) is 16.4 Å². The van der Waals surface area contributed by atoms with Gasteiger partial charge in [0, 0.05) is 17.6 Å². The monoisotopic (exact) mass is 280 g/mol. The fraction of sp³-hybridized carbons (Fsp3) is 0.455. The number of nitrogens with zero attached hydrogens (tertiary/aromatic N) is 4. The van der Waals surface area contributed by atoms with Gasteiger partial charge < -0.3 is 11.1 Å². The van der Waals surface area contributed by atoms with Crippen molar-refractivity contribution < 1.29 is 4.79 Å². The molecule has 0 bridgehead atoms. The molecule has 0 aromatic carbocycles. The Balaban J connectivity index is 1.90. The van der Waals surface area contributed by atoms with Crippen LogP contribution in [-0.2, 0) is 17.9 Å². The lowest BCUT2D eigenvalue weighted by Gasteiger charge is -2.10. The number of thiazole rings is 1. The second-order valence-electron chi connectivity index (χ2n) is 4.23. The molecule has 1 unspecified atom stereocenters. The first-order valence-electron chi connectivity index (χ1n) is 5.89. The molecule has 2 heterocycles. The number of rotatable bonds is 5. The van der Waals surface area contributed by atoms with Crippen molar-refractivity contribution in [2.24, 2.45) is 5.73 Å². The molecule has 2 aromatic heterocycles. The zero-order chi connectivity index (χ0) is 13.8. The van der Waals surface area contributed by atoms with E-state index in [1.165, 1.54) is 16.0 Å². The molecule has 0 aliphatic rings. The van der Waals surface area contributed by atoms with Crippen LogP contribution < -0.4 is 11.1 Å². The van der Waals surface area contributed by atoms with Crippen LogP contribution in [0.2, 0.25) is 0 Å². The van der Waals surface area contributed by atoms with Gasteiger partial charge >= 0.3 is 0 Å². The summed E-state index contributed by atoms with van der Waals surface area (Å²) in [7, 11) is 0. The van der Waals surface area contributed by atoms with E-state index < -0.39 is 0 Å². The van der Waals surface area contributed by atoms with Crippen molar-refractivity contribution in [3.8, 4) is 0 Å². The number of carbonyl (C=O) groups is 1. The molecule has 0 saturated carbocycles. The molecule has 0 aliphatic heterocycles. The van der Waals surface area contributed by atoms with Crippen molar-refractivity contribution in [2.45, 2.75) is 33.0 Å². The molecular formula is C11H16N6OS. The summed E-state index contributed by atoms with van der Waals surface area (Å²) >= 11 is 1.54. The van der Waals surface area contributed by atoms with Crippen molar-refractivity contribution >= 4 is 17.2 Å². The highest BCUT2D eigenvalue weighted by Crippen LogP contribution is 2.17. The minimum absolute atomic E-state index is 0.108. The lowest BCUT2D eigenvalue weighted by Crippen LogP contribution is -2.30. The topological polar surface area (TPSA) is 98.7 Å². The maximum absolute atomic E-state index is 11.8. The second-order valence-corrected chi connectivity index (χ2v) is 5.12. The smallest absolute Gasteiger partial charge is 0.242 e. The highest BCUT2D eigenvalue weighted by atomic mass is 32.1. The zero-order valence-electron chi connectivity index (χ0n) is 10.8. The van der Waals surface area contributed by atoms with Crippen molar-refractivity contribution in [2.75, 3.05) is 0 Å². The van der Waals surface area contributed by atoms with Gasteiger partial charge in [0.05, 0.1) is 17.9 Å². The average Bonchev–Trinajstić information content (AvgIpc) is 2.97. The van der Waals surface area contributed by atoms with Crippen molar-refractivity contribution in [3.05, 3.63) is 28.0 Å². The lowest BCUT2D eigenvalue weighted by atomic mass is 10.3. The Morgan fingerprint density at radius 1 is 1.63 bits per heavy atom. The third kappa shape index (κ3) is 3.58. The minimum Gasteiger partial charge on any atom is -0.346 e. The predicted octanol–water partition coefficient (Wildman–Crippen LogP) is 0.379. The third-order valence-electron chi connectivity index (χ3n) is 2.49. The molecule has 19 heavy (non-hydrogen) atoms. The Kier molecular flexibility index (Phi) is 4.23. The van der Waals surface area contributed by atoms with Gasteiger partial charge in [0.2, 0.25) is 5.91 Å². The molecule has 102 valence electrons. The summed E-state index contributed by atoms with van der Waals surface area (Å²) in [5.74, 6) is -0.131. The average molecular weight is 280 g/mol. The fourth-order valence-electron chi connectivity index (χ4n) is 1.58. The van der Waals surface area contributed by atoms with E-state index >= 15 is 0 Å². The summed E-state index contributed by atoms with van der Waals surface area (Å²) < 4.78 is 1.47. The highest BCUT2D eigenvalue weighted by molar-refractivity contribution is 7.09. The SMILES string of the molecule is Cc1csc(C(C)NC(=O)Cn2cc(CN)nn2)n1. The first-order chi connectivity index (χ1) is 9.08. The van der Waals surface area contributed by atoms with Crippen LogP contribution in [0.1, 0.15) is 29.4 Å². The molecule has 0 fully saturated rings. The van der Waals surface area contributed by atoms with Crippen molar-refractivity contribution in [1.82, 2.24) is 25.3 Å². The van der Waals surface area contributed by atoms with Crippen LogP contribution in [0.3, 0.4) is 0 Å². The standard InChI is InChI=1S/C11H16N6OS/c1-7-6-19-11(13-7)8(2)14-10(18)5-17-4-9(3-12)15-16-17/h4,6,8H,3,5,12H2,1-2H3,(H,14,18). The molecule has 7 nitrogen and oxygen atoms in total. The van der Waals surface area contributed by atoms with Crippen LogP contribution in [0.5, 0.6) is 0 Å². The third-order valence-corrected chi connectivity index (χ3v) is 3.63. The summed E-state index contributed by atoms with van der Waals surface area (Å²) in [6.07, 6.45) is 1.66. The van der Waals surface area contributed by atoms with Crippen LogP contribution in [0.25, 0.3) is 0 Å². The van der Waals surface area contributed by atoms with E-state index in [1.807, 2.05) is 19.2 Å². The van der Waals surface area contributed by atoms with Gasteiger partial charge in [0.25, 0.3) is 0 Å². The number of nitrogens with one attached hydrogen (secondary N) is 1. The minimum atomic E-state index is -0.131. The van der Waals surface area contributed by atoms with E-state index in [9.17, 15) is 4.79 Å². The molecule has 2 aromatic rings. The van der Waals surface area contributed by atoms with Gasteiger partial charge in [0.1, 0.15) is 11.6 Å². The molecular weight excluding hydrogens is 264 g/mol. The Labute approximate surface area is 114 Å². The number of nitrogens with two attached hydrogens (primary N) is 1. The van der Waals surface area contributed by atoms with Crippen molar-refractivity contribution in [3.63, 3.8) is 0 Å². The maximum Gasteiger partial charge on any atom is 0.242 e. The van der Waals surface area contributed by atoms with Gasteiger partial charge in [-0.3, -0.25) is 4.79 Å². The maximum atomic E-state index is 11.8. The predicted molar refractivity (Wildman–Crippen MR) is 71.3 cm³/mol. The number of amides is 1.